The van der Waals surface area contributed by atoms with Crippen molar-refractivity contribution in [3.8, 4) is 11.8 Å². The maximum Gasteiger partial charge on any atom is 0.0737 e. The molecule has 0 spiro atoms. The second-order valence-electron chi connectivity index (χ2n) is 3.03. The van der Waals surface area contributed by atoms with Gasteiger partial charge in [0.1, 0.15) is 0 Å². The van der Waals surface area contributed by atoms with Crippen molar-refractivity contribution >= 4 is 11.1 Å². The van der Waals surface area contributed by atoms with Gasteiger partial charge in [-0.1, -0.05) is 39.0 Å². The van der Waals surface area contributed by atoms with Crippen LogP contribution >= 0.6 is 0 Å². The van der Waals surface area contributed by atoms with Crippen LogP contribution in [0.2, 0.25) is 0 Å². The molecule has 0 saturated carbocycles. The zero-order valence-corrected chi connectivity index (χ0v) is 10.6. The number of aromatic nitrogens is 1. The Kier molecular flexibility index (Phi) is 6.63. The van der Waals surface area contributed by atoms with Gasteiger partial charge in [0, 0.05) is 17.3 Å². The molecule has 84 valence electrons. The molecule has 0 N–H and O–H groups in total. The maximum absolute atomic E-state index is 4.25. The molecular formula is C15H19N. The van der Waals surface area contributed by atoms with Crippen molar-refractivity contribution in [1.29, 1.82) is 0 Å². The molecule has 1 aromatic heterocycles. The van der Waals surface area contributed by atoms with Gasteiger partial charge in [-0.15, -0.1) is 5.92 Å². The van der Waals surface area contributed by atoms with E-state index in [9.17, 15) is 0 Å². The molecule has 1 heteroatoms. The summed E-state index contributed by atoms with van der Waals surface area (Å²) in [4.78, 5) is 4.25. The lowest BCUT2D eigenvalue weighted by Crippen LogP contribution is -1.92. The van der Waals surface area contributed by atoms with E-state index in [4.69, 9.17) is 0 Å². The highest BCUT2D eigenvalue weighted by Crippen LogP contribution is 2.20. The summed E-state index contributed by atoms with van der Waals surface area (Å²) in [5.74, 6) is 5.76. The lowest BCUT2D eigenvalue weighted by molar-refractivity contribution is 1.25. The van der Waals surface area contributed by atoms with Gasteiger partial charge in [-0.25, -0.2) is 0 Å². The highest BCUT2D eigenvalue weighted by atomic mass is 14.7. The number of hydrogen-bond donors (Lipinski definition) is 0. The summed E-state index contributed by atoms with van der Waals surface area (Å²) in [6, 6.07) is 3.84. The first kappa shape index (κ1) is 14.2. The molecule has 0 aliphatic carbocycles. The van der Waals surface area contributed by atoms with Crippen LogP contribution in [-0.4, -0.2) is 4.98 Å². The molecular weight excluding hydrogens is 194 g/mol. The van der Waals surface area contributed by atoms with E-state index in [1.807, 2.05) is 32.9 Å². The van der Waals surface area contributed by atoms with Gasteiger partial charge in [0.2, 0.25) is 0 Å². The van der Waals surface area contributed by atoms with E-state index in [1.54, 1.807) is 13.1 Å². The molecule has 0 fully saturated rings. The first-order valence-electron chi connectivity index (χ1n) is 5.39. The minimum Gasteiger partial charge on any atom is -0.256 e. The highest BCUT2D eigenvalue weighted by Gasteiger charge is 2.04. The molecule has 0 saturated heterocycles. The van der Waals surface area contributed by atoms with Crippen LogP contribution in [-0.2, 0) is 0 Å². The predicted octanol–water partition coefficient (Wildman–Crippen LogP) is 4.18. The Morgan fingerprint density at radius 2 is 1.94 bits per heavy atom. The number of nitrogens with zero attached hydrogens (tertiary/aromatic N) is 1. The van der Waals surface area contributed by atoms with Crippen molar-refractivity contribution in [2.24, 2.45) is 0 Å². The quantitative estimate of drug-likeness (QED) is 0.672. The summed E-state index contributed by atoms with van der Waals surface area (Å²) in [5, 5.41) is 0. The minimum absolute atomic E-state index is 0.790. The van der Waals surface area contributed by atoms with Gasteiger partial charge in [-0.2, -0.15) is 0 Å². The lowest BCUT2D eigenvalue weighted by Gasteiger charge is -2.05. The van der Waals surface area contributed by atoms with Gasteiger partial charge in [-0.05, 0) is 25.5 Å². The van der Waals surface area contributed by atoms with E-state index in [0.29, 0.717) is 0 Å². The van der Waals surface area contributed by atoms with Crippen LogP contribution in [0.15, 0.2) is 31.5 Å². The van der Waals surface area contributed by atoms with Gasteiger partial charge in [0.25, 0.3) is 0 Å². The lowest BCUT2D eigenvalue weighted by atomic mass is 10.0. The van der Waals surface area contributed by atoms with Crippen molar-refractivity contribution in [2.45, 2.75) is 27.7 Å². The average Bonchev–Trinajstić information content (AvgIpc) is 2.32. The van der Waals surface area contributed by atoms with Gasteiger partial charge in [-0.3, -0.25) is 4.98 Å². The third-order valence-electron chi connectivity index (χ3n) is 1.81. The zero-order valence-electron chi connectivity index (χ0n) is 10.6. The van der Waals surface area contributed by atoms with E-state index in [0.717, 1.165) is 22.4 Å². The van der Waals surface area contributed by atoms with E-state index in [-0.39, 0.29) is 0 Å². The van der Waals surface area contributed by atoms with Gasteiger partial charge in [0.15, 0.2) is 0 Å². The Morgan fingerprint density at radius 3 is 2.44 bits per heavy atom. The maximum atomic E-state index is 4.25. The third kappa shape index (κ3) is 3.74. The van der Waals surface area contributed by atoms with E-state index < -0.39 is 0 Å². The normalized spacial score (nSPS) is 8.00. The summed E-state index contributed by atoms with van der Waals surface area (Å²) in [7, 11) is 0. The van der Waals surface area contributed by atoms with Gasteiger partial charge < -0.3 is 0 Å². The minimum atomic E-state index is 0.790. The smallest absolute Gasteiger partial charge is 0.0737 e. The first-order chi connectivity index (χ1) is 7.66. The molecule has 0 radical (unpaired) electrons. The summed E-state index contributed by atoms with van der Waals surface area (Å²) in [6.07, 6.45) is 1.75. The second-order valence-corrected chi connectivity index (χ2v) is 3.03. The standard InChI is InChI=1S/C13H13N.C2H6/c1-5-7-11(4)12-8-6-9-14-13(12)10(2)3;1-2/h6,8-9H,2,4H2,1,3H3;1-2H3. The molecule has 0 unspecified atom stereocenters. The van der Waals surface area contributed by atoms with Crippen LogP contribution in [0.3, 0.4) is 0 Å². The van der Waals surface area contributed by atoms with Crippen molar-refractivity contribution in [1.82, 2.24) is 4.98 Å². The summed E-state index contributed by atoms with van der Waals surface area (Å²) >= 11 is 0. The molecule has 0 aliphatic rings. The van der Waals surface area contributed by atoms with E-state index in [2.05, 4.69) is 30.0 Å². The Labute approximate surface area is 98.9 Å². The van der Waals surface area contributed by atoms with Crippen molar-refractivity contribution in [3.05, 3.63) is 42.7 Å². The fourth-order valence-corrected chi connectivity index (χ4v) is 1.21. The number of rotatable bonds is 2. The molecule has 1 nitrogen and oxygen atoms in total. The molecule has 1 aromatic rings. The molecule has 1 rings (SSSR count). The molecule has 0 bridgehead atoms. The van der Waals surface area contributed by atoms with E-state index in [1.165, 1.54) is 0 Å². The van der Waals surface area contributed by atoms with Crippen LogP contribution in [0, 0.1) is 11.8 Å². The predicted molar refractivity (Wildman–Crippen MR) is 72.8 cm³/mol. The topological polar surface area (TPSA) is 12.9 Å². The fraction of sp³-hybridized carbons (Fsp3) is 0.267. The van der Waals surface area contributed by atoms with Crippen LogP contribution < -0.4 is 0 Å². The molecule has 0 atom stereocenters. The molecule has 1 heterocycles. The highest BCUT2D eigenvalue weighted by molar-refractivity contribution is 5.83. The summed E-state index contributed by atoms with van der Waals surface area (Å²) in [6.45, 7) is 15.5. The molecule has 0 aliphatic heterocycles. The summed E-state index contributed by atoms with van der Waals surface area (Å²) in [5.41, 5.74) is 3.56. The average molecular weight is 213 g/mol. The fourth-order valence-electron chi connectivity index (χ4n) is 1.21. The number of hydrogen-bond acceptors (Lipinski definition) is 1. The largest absolute Gasteiger partial charge is 0.256 e. The molecule has 0 amide bonds. The third-order valence-corrected chi connectivity index (χ3v) is 1.81. The first-order valence-corrected chi connectivity index (χ1v) is 5.39. The monoisotopic (exact) mass is 213 g/mol. The molecule has 0 aromatic carbocycles. The molecule has 16 heavy (non-hydrogen) atoms. The Hall–Kier alpha value is -1.81. The Bertz CT molecular complexity index is 430. The Morgan fingerprint density at radius 1 is 1.31 bits per heavy atom. The van der Waals surface area contributed by atoms with Crippen LogP contribution in [0.4, 0.5) is 0 Å². The van der Waals surface area contributed by atoms with Crippen molar-refractivity contribution in [3.63, 3.8) is 0 Å². The second kappa shape index (κ2) is 7.48. The summed E-state index contributed by atoms with van der Waals surface area (Å²) < 4.78 is 0. The van der Waals surface area contributed by atoms with Crippen LogP contribution in [0.25, 0.3) is 11.1 Å². The van der Waals surface area contributed by atoms with E-state index >= 15 is 0 Å². The van der Waals surface area contributed by atoms with Crippen LogP contribution in [0.5, 0.6) is 0 Å². The van der Waals surface area contributed by atoms with Crippen molar-refractivity contribution < 1.29 is 0 Å². The van der Waals surface area contributed by atoms with Crippen molar-refractivity contribution in [2.75, 3.05) is 0 Å². The Balaban J connectivity index is 0.00000106. The SMILES string of the molecule is C=C(C#CC)c1cccnc1C(=C)C.CC. The zero-order chi connectivity index (χ0) is 12.6. The van der Waals surface area contributed by atoms with Gasteiger partial charge in [0.05, 0.1) is 5.69 Å². The van der Waals surface area contributed by atoms with Gasteiger partial charge >= 0.3 is 0 Å². The number of allylic oxidation sites excluding steroid dienone is 2. The number of pyridine rings is 1. The van der Waals surface area contributed by atoms with Crippen LogP contribution in [0.1, 0.15) is 39.0 Å².